The second kappa shape index (κ2) is 9.87. The van der Waals surface area contributed by atoms with E-state index in [1.807, 2.05) is 29.2 Å². The minimum atomic E-state index is -0.127. The van der Waals surface area contributed by atoms with Crippen LogP contribution in [0.3, 0.4) is 0 Å². The lowest BCUT2D eigenvalue weighted by atomic mass is 10.3. The number of benzene rings is 1. The molecule has 0 aliphatic carbocycles. The van der Waals surface area contributed by atoms with Gasteiger partial charge in [-0.05, 0) is 31.3 Å². The second-order valence-electron chi connectivity index (χ2n) is 5.36. The van der Waals surface area contributed by atoms with Crippen LogP contribution < -0.4 is 10.6 Å². The first-order valence-electron chi connectivity index (χ1n) is 7.27. The fourth-order valence-corrected chi connectivity index (χ4v) is 2.54. The molecule has 1 saturated heterocycles. The molecule has 2 rings (SSSR count). The minimum Gasteiger partial charge on any atom is -0.339 e. The maximum Gasteiger partial charge on any atom is 0.238 e. The number of amides is 2. The number of carbonyl (C=O) groups is 2. The Balaban J connectivity index is 0.00000264. The van der Waals surface area contributed by atoms with Crippen molar-refractivity contribution in [2.75, 3.05) is 51.6 Å². The molecule has 0 saturated carbocycles. The van der Waals surface area contributed by atoms with Crippen LogP contribution in [-0.4, -0.2) is 67.9 Å². The van der Waals surface area contributed by atoms with Crippen LogP contribution in [0.5, 0.6) is 0 Å². The highest BCUT2D eigenvalue weighted by Crippen LogP contribution is 2.13. The maximum atomic E-state index is 12.1. The Morgan fingerprint density at radius 1 is 1.22 bits per heavy atom. The summed E-state index contributed by atoms with van der Waals surface area (Å²) in [5.74, 6) is -0.0571. The monoisotopic (exact) mass is 404 g/mol. The van der Waals surface area contributed by atoms with Crippen LogP contribution in [0.2, 0.25) is 0 Å². The highest BCUT2D eigenvalue weighted by Gasteiger charge is 2.18. The van der Waals surface area contributed by atoms with Crippen molar-refractivity contribution in [1.82, 2.24) is 15.1 Å². The lowest BCUT2D eigenvalue weighted by Crippen LogP contribution is -2.49. The number of rotatable bonds is 5. The van der Waals surface area contributed by atoms with Crippen molar-refractivity contribution < 1.29 is 9.59 Å². The van der Waals surface area contributed by atoms with Crippen molar-refractivity contribution in [3.63, 3.8) is 0 Å². The van der Waals surface area contributed by atoms with E-state index in [2.05, 4.69) is 26.6 Å². The summed E-state index contributed by atoms with van der Waals surface area (Å²) in [6, 6.07) is 7.39. The van der Waals surface area contributed by atoms with E-state index in [0.717, 1.165) is 36.3 Å². The summed E-state index contributed by atoms with van der Waals surface area (Å²) in [5.41, 5.74) is 0.745. The zero-order valence-electron chi connectivity index (χ0n) is 13.0. The van der Waals surface area contributed by atoms with Gasteiger partial charge in [0.05, 0.1) is 13.1 Å². The largest absolute Gasteiger partial charge is 0.339 e. The molecule has 0 aromatic heterocycles. The third-order valence-corrected chi connectivity index (χ3v) is 3.95. The normalized spacial score (nSPS) is 14.3. The van der Waals surface area contributed by atoms with Crippen molar-refractivity contribution >= 4 is 45.8 Å². The minimum absolute atomic E-state index is 0. The van der Waals surface area contributed by atoms with Crippen LogP contribution >= 0.6 is 28.3 Å². The van der Waals surface area contributed by atoms with Crippen molar-refractivity contribution in [2.24, 2.45) is 0 Å². The van der Waals surface area contributed by atoms with E-state index in [1.54, 1.807) is 11.9 Å². The van der Waals surface area contributed by atoms with Crippen LogP contribution in [0, 0.1) is 0 Å². The Bertz CT molecular complexity index is 521. The summed E-state index contributed by atoms with van der Waals surface area (Å²) in [7, 11) is 1.78. The number of nitrogens with zero attached hydrogens (tertiary/aromatic N) is 2. The molecule has 1 fully saturated rings. The smallest absolute Gasteiger partial charge is 0.238 e. The average molecular weight is 406 g/mol. The van der Waals surface area contributed by atoms with Crippen molar-refractivity contribution in [3.8, 4) is 0 Å². The van der Waals surface area contributed by atoms with Gasteiger partial charge in [0.1, 0.15) is 0 Å². The molecule has 1 aromatic rings. The molecular weight excluding hydrogens is 384 g/mol. The highest BCUT2D eigenvalue weighted by molar-refractivity contribution is 9.10. The van der Waals surface area contributed by atoms with Gasteiger partial charge in [-0.25, -0.2) is 0 Å². The van der Waals surface area contributed by atoms with Crippen LogP contribution in [0.4, 0.5) is 5.69 Å². The first-order chi connectivity index (χ1) is 10.5. The van der Waals surface area contributed by atoms with E-state index in [-0.39, 0.29) is 37.3 Å². The third-order valence-electron chi connectivity index (χ3n) is 3.42. The lowest BCUT2D eigenvalue weighted by molar-refractivity contribution is -0.133. The molecule has 0 spiro atoms. The van der Waals surface area contributed by atoms with Gasteiger partial charge in [-0.3, -0.25) is 14.5 Å². The van der Waals surface area contributed by atoms with E-state index in [1.165, 1.54) is 0 Å². The van der Waals surface area contributed by atoms with Crippen LogP contribution in [0.15, 0.2) is 28.7 Å². The molecule has 0 atom stereocenters. The predicted octanol–water partition coefficient (Wildman–Crippen LogP) is 1.17. The maximum absolute atomic E-state index is 12.1. The zero-order valence-corrected chi connectivity index (χ0v) is 15.5. The van der Waals surface area contributed by atoms with Crippen LogP contribution in [-0.2, 0) is 9.59 Å². The van der Waals surface area contributed by atoms with Crippen molar-refractivity contribution in [2.45, 2.75) is 0 Å². The molecule has 2 N–H and O–H groups in total. The van der Waals surface area contributed by atoms with Gasteiger partial charge in [-0.15, -0.1) is 12.4 Å². The van der Waals surface area contributed by atoms with Gasteiger partial charge in [0.2, 0.25) is 11.8 Å². The molecule has 23 heavy (non-hydrogen) atoms. The Hall–Kier alpha value is -1.15. The molecule has 2 amide bonds. The number of hydrogen-bond donors (Lipinski definition) is 2. The van der Waals surface area contributed by atoms with Crippen molar-refractivity contribution in [1.29, 1.82) is 0 Å². The van der Waals surface area contributed by atoms with Gasteiger partial charge in [0.25, 0.3) is 0 Å². The number of likely N-dealkylation sites (N-methyl/N-ethyl adjacent to an activating group) is 1. The molecule has 1 aliphatic heterocycles. The summed E-state index contributed by atoms with van der Waals surface area (Å²) >= 11 is 3.35. The average Bonchev–Trinajstić information content (AvgIpc) is 2.50. The SMILES string of the molecule is CN(CC(=O)Nc1ccc(Br)cc1)CC(=O)N1CCNCC1.Cl. The Morgan fingerprint density at radius 3 is 2.43 bits per heavy atom. The first kappa shape index (κ1) is 19.9. The molecular formula is C15H22BrClN4O2. The molecule has 0 unspecified atom stereocenters. The molecule has 8 heteroatoms. The summed E-state index contributed by atoms with van der Waals surface area (Å²) in [4.78, 5) is 27.6. The van der Waals surface area contributed by atoms with E-state index in [9.17, 15) is 9.59 Å². The molecule has 1 aromatic carbocycles. The van der Waals surface area contributed by atoms with E-state index in [0.29, 0.717) is 0 Å². The Morgan fingerprint density at radius 2 is 1.83 bits per heavy atom. The molecule has 1 heterocycles. The quantitative estimate of drug-likeness (QED) is 0.772. The predicted molar refractivity (Wildman–Crippen MR) is 97.0 cm³/mol. The summed E-state index contributed by atoms with van der Waals surface area (Å²) in [6.45, 7) is 3.58. The number of carbonyl (C=O) groups excluding carboxylic acids is 2. The van der Waals surface area contributed by atoms with Gasteiger partial charge in [0, 0.05) is 36.3 Å². The lowest BCUT2D eigenvalue weighted by Gasteiger charge is -2.29. The third kappa shape index (κ3) is 6.87. The summed E-state index contributed by atoms with van der Waals surface area (Å²) < 4.78 is 0.962. The van der Waals surface area contributed by atoms with Gasteiger partial charge in [-0.1, -0.05) is 15.9 Å². The second-order valence-corrected chi connectivity index (χ2v) is 6.27. The fourth-order valence-electron chi connectivity index (χ4n) is 2.28. The number of hydrogen-bond acceptors (Lipinski definition) is 4. The molecule has 0 bridgehead atoms. The standard InChI is InChI=1S/C15H21BrN4O2.ClH/c1-19(11-15(22)20-8-6-17-7-9-20)10-14(21)18-13-4-2-12(16)3-5-13;/h2-5,17H,6-11H2,1H3,(H,18,21);1H. The van der Waals surface area contributed by atoms with Gasteiger partial charge < -0.3 is 15.5 Å². The molecule has 128 valence electrons. The zero-order chi connectivity index (χ0) is 15.9. The van der Waals surface area contributed by atoms with Gasteiger partial charge >= 0.3 is 0 Å². The number of halogens is 2. The van der Waals surface area contributed by atoms with Crippen LogP contribution in [0.1, 0.15) is 0 Å². The first-order valence-corrected chi connectivity index (χ1v) is 8.06. The number of anilines is 1. The Labute approximate surface area is 151 Å². The summed E-state index contributed by atoms with van der Waals surface area (Å²) in [6.07, 6.45) is 0. The molecule has 1 aliphatic rings. The summed E-state index contributed by atoms with van der Waals surface area (Å²) in [5, 5.41) is 6.03. The topological polar surface area (TPSA) is 64.7 Å². The molecule has 6 nitrogen and oxygen atoms in total. The highest BCUT2D eigenvalue weighted by atomic mass is 79.9. The number of piperazine rings is 1. The van der Waals surface area contributed by atoms with Crippen LogP contribution in [0.25, 0.3) is 0 Å². The van der Waals surface area contributed by atoms with E-state index < -0.39 is 0 Å². The van der Waals surface area contributed by atoms with Crippen molar-refractivity contribution in [3.05, 3.63) is 28.7 Å². The van der Waals surface area contributed by atoms with Gasteiger partial charge in [-0.2, -0.15) is 0 Å². The van der Waals surface area contributed by atoms with E-state index >= 15 is 0 Å². The fraction of sp³-hybridized carbons (Fsp3) is 0.467. The van der Waals surface area contributed by atoms with Gasteiger partial charge in [0.15, 0.2) is 0 Å². The Kier molecular flexibility index (Phi) is 8.54. The number of nitrogens with one attached hydrogen (secondary N) is 2. The van der Waals surface area contributed by atoms with E-state index in [4.69, 9.17) is 0 Å². The molecule has 0 radical (unpaired) electrons.